The number of carboxylic acid groups (broad SMARTS) is 2. The Balaban J connectivity index is 2.32. The highest BCUT2D eigenvalue weighted by Gasteiger charge is 2.32. The normalized spacial score (nSPS) is 21.4. The Hall–Kier alpha value is -2.74. The zero-order valence-electron chi connectivity index (χ0n) is 10.7. The van der Waals surface area contributed by atoms with E-state index >= 15 is 0 Å². The summed E-state index contributed by atoms with van der Waals surface area (Å²) >= 11 is 0. The lowest BCUT2D eigenvalue weighted by Gasteiger charge is -2.28. The summed E-state index contributed by atoms with van der Waals surface area (Å²) in [5.41, 5.74) is 0.442. The molecule has 2 atom stereocenters. The van der Waals surface area contributed by atoms with E-state index in [1.165, 1.54) is 30.3 Å². The SMILES string of the molecule is O=C(O)C1=CC(C(=O)O)C(c2ccc([N+](=O)[O-])cc2)NC1. The number of carbonyl (C=O) groups is 2. The Kier molecular flexibility index (Phi) is 3.99. The molecular formula is C13H12N2O6. The van der Waals surface area contributed by atoms with E-state index in [-0.39, 0.29) is 17.8 Å². The van der Waals surface area contributed by atoms with E-state index in [2.05, 4.69) is 5.32 Å². The fourth-order valence-electron chi connectivity index (χ4n) is 2.21. The van der Waals surface area contributed by atoms with Crippen molar-refractivity contribution in [1.82, 2.24) is 5.32 Å². The van der Waals surface area contributed by atoms with Crippen LogP contribution in [0.25, 0.3) is 0 Å². The highest BCUT2D eigenvalue weighted by molar-refractivity contribution is 5.89. The van der Waals surface area contributed by atoms with E-state index in [0.29, 0.717) is 5.56 Å². The van der Waals surface area contributed by atoms with Crippen molar-refractivity contribution >= 4 is 17.6 Å². The number of nitrogens with one attached hydrogen (secondary N) is 1. The van der Waals surface area contributed by atoms with Crippen LogP contribution in [-0.4, -0.2) is 33.6 Å². The van der Waals surface area contributed by atoms with Crippen LogP contribution in [0.4, 0.5) is 5.69 Å². The van der Waals surface area contributed by atoms with Crippen LogP contribution in [0, 0.1) is 16.0 Å². The number of nitro benzene ring substituents is 1. The fourth-order valence-corrected chi connectivity index (χ4v) is 2.21. The molecule has 110 valence electrons. The van der Waals surface area contributed by atoms with Crippen molar-refractivity contribution in [3.63, 3.8) is 0 Å². The summed E-state index contributed by atoms with van der Waals surface area (Å²) in [4.78, 5) is 32.3. The van der Waals surface area contributed by atoms with Crippen LogP contribution in [0.3, 0.4) is 0 Å². The molecule has 8 heteroatoms. The summed E-state index contributed by atoms with van der Waals surface area (Å²) in [6.07, 6.45) is 1.20. The number of hydrogen-bond donors (Lipinski definition) is 3. The largest absolute Gasteiger partial charge is 0.481 e. The summed E-state index contributed by atoms with van der Waals surface area (Å²) in [6, 6.07) is 4.86. The van der Waals surface area contributed by atoms with Crippen LogP contribution in [0.1, 0.15) is 11.6 Å². The second-order valence-electron chi connectivity index (χ2n) is 4.57. The van der Waals surface area contributed by atoms with Crippen molar-refractivity contribution in [3.05, 3.63) is 51.6 Å². The average Bonchev–Trinajstić information content (AvgIpc) is 2.46. The van der Waals surface area contributed by atoms with Gasteiger partial charge in [-0.1, -0.05) is 18.2 Å². The molecule has 0 aromatic heterocycles. The number of rotatable bonds is 4. The highest BCUT2D eigenvalue weighted by atomic mass is 16.6. The monoisotopic (exact) mass is 292 g/mol. The van der Waals surface area contributed by atoms with E-state index in [1.807, 2.05) is 0 Å². The van der Waals surface area contributed by atoms with Gasteiger partial charge in [0, 0.05) is 30.3 Å². The molecule has 0 saturated heterocycles. The van der Waals surface area contributed by atoms with E-state index in [9.17, 15) is 24.8 Å². The van der Waals surface area contributed by atoms with Crippen LogP contribution in [0.5, 0.6) is 0 Å². The average molecular weight is 292 g/mol. The number of nitrogens with zero attached hydrogens (tertiary/aromatic N) is 1. The van der Waals surface area contributed by atoms with Gasteiger partial charge in [0.1, 0.15) is 0 Å². The maximum Gasteiger partial charge on any atom is 0.332 e. The van der Waals surface area contributed by atoms with Crippen LogP contribution in [0.15, 0.2) is 35.9 Å². The van der Waals surface area contributed by atoms with Crippen molar-refractivity contribution in [3.8, 4) is 0 Å². The molecule has 1 heterocycles. The molecule has 0 spiro atoms. The number of non-ortho nitro benzene ring substituents is 1. The topological polar surface area (TPSA) is 130 Å². The standard InChI is InChI=1S/C13H12N2O6/c16-12(17)8-5-10(13(18)19)11(14-6-8)7-1-3-9(4-2-7)15(20)21/h1-5,10-11,14H,6H2,(H,16,17)(H,18,19). The van der Waals surface area contributed by atoms with Gasteiger partial charge in [-0.05, 0) is 5.56 Å². The molecule has 0 amide bonds. The minimum atomic E-state index is -1.17. The molecule has 1 aromatic carbocycles. The van der Waals surface area contributed by atoms with E-state index < -0.39 is 28.8 Å². The third-order valence-corrected chi connectivity index (χ3v) is 3.28. The molecule has 21 heavy (non-hydrogen) atoms. The van der Waals surface area contributed by atoms with Gasteiger partial charge in [0.2, 0.25) is 0 Å². The zero-order chi connectivity index (χ0) is 15.6. The van der Waals surface area contributed by atoms with Gasteiger partial charge in [0.25, 0.3) is 5.69 Å². The first-order valence-electron chi connectivity index (χ1n) is 6.04. The zero-order valence-corrected chi connectivity index (χ0v) is 10.7. The highest BCUT2D eigenvalue weighted by Crippen LogP contribution is 2.29. The molecule has 2 rings (SSSR count). The van der Waals surface area contributed by atoms with Gasteiger partial charge in [-0.25, -0.2) is 4.79 Å². The number of nitro groups is 1. The van der Waals surface area contributed by atoms with Gasteiger partial charge in [0.15, 0.2) is 0 Å². The van der Waals surface area contributed by atoms with E-state index in [0.717, 1.165) is 0 Å². The third-order valence-electron chi connectivity index (χ3n) is 3.28. The second-order valence-corrected chi connectivity index (χ2v) is 4.57. The Morgan fingerprint density at radius 2 is 1.86 bits per heavy atom. The predicted molar refractivity (Wildman–Crippen MR) is 70.7 cm³/mol. The first-order valence-corrected chi connectivity index (χ1v) is 6.04. The fraction of sp³-hybridized carbons (Fsp3) is 0.231. The van der Waals surface area contributed by atoms with Gasteiger partial charge < -0.3 is 15.5 Å². The van der Waals surface area contributed by atoms with Crippen molar-refractivity contribution in [1.29, 1.82) is 0 Å². The summed E-state index contributed by atoms with van der Waals surface area (Å²) in [5, 5.41) is 31.6. The molecule has 8 nitrogen and oxygen atoms in total. The molecule has 0 fully saturated rings. The molecule has 2 unspecified atom stereocenters. The van der Waals surface area contributed by atoms with Crippen molar-refractivity contribution < 1.29 is 24.7 Å². The van der Waals surface area contributed by atoms with Gasteiger partial charge in [-0.15, -0.1) is 0 Å². The van der Waals surface area contributed by atoms with Crippen LogP contribution >= 0.6 is 0 Å². The molecule has 1 aromatic rings. The molecule has 1 aliphatic rings. The number of hydrogen-bond acceptors (Lipinski definition) is 5. The van der Waals surface area contributed by atoms with E-state index in [1.54, 1.807) is 0 Å². The Bertz CT molecular complexity index is 622. The first-order chi connectivity index (χ1) is 9.90. The maximum absolute atomic E-state index is 11.3. The van der Waals surface area contributed by atoms with Gasteiger partial charge in [0.05, 0.1) is 10.8 Å². The number of benzene rings is 1. The summed E-state index contributed by atoms with van der Waals surface area (Å²) in [5.74, 6) is -3.38. The van der Waals surface area contributed by atoms with Crippen LogP contribution < -0.4 is 5.32 Å². The summed E-state index contributed by atoms with van der Waals surface area (Å²) in [7, 11) is 0. The lowest BCUT2D eigenvalue weighted by Crippen LogP contribution is -2.38. The molecule has 3 N–H and O–H groups in total. The second kappa shape index (κ2) is 5.71. The third kappa shape index (κ3) is 3.06. The Morgan fingerprint density at radius 3 is 2.33 bits per heavy atom. The molecule has 0 saturated carbocycles. The first kappa shape index (κ1) is 14.7. The number of aliphatic carboxylic acids is 2. The lowest BCUT2D eigenvalue weighted by atomic mass is 9.88. The van der Waals surface area contributed by atoms with Crippen molar-refractivity contribution in [2.45, 2.75) is 6.04 Å². The summed E-state index contributed by atoms with van der Waals surface area (Å²) in [6.45, 7) is 0.0285. The van der Waals surface area contributed by atoms with Crippen LogP contribution in [-0.2, 0) is 9.59 Å². The molecular weight excluding hydrogens is 280 g/mol. The predicted octanol–water partition coefficient (Wildman–Crippen LogP) is 0.951. The van der Waals surface area contributed by atoms with Gasteiger partial charge in [-0.3, -0.25) is 14.9 Å². The quantitative estimate of drug-likeness (QED) is 0.556. The van der Waals surface area contributed by atoms with Gasteiger partial charge in [-0.2, -0.15) is 0 Å². The maximum atomic E-state index is 11.3. The Morgan fingerprint density at radius 1 is 1.24 bits per heavy atom. The smallest absolute Gasteiger partial charge is 0.332 e. The minimum absolute atomic E-state index is 0.0134. The lowest BCUT2D eigenvalue weighted by molar-refractivity contribution is -0.384. The van der Waals surface area contributed by atoms with Crippen molar-refractivity contribution in [2.24, 2.45) is 5.92 Å². The van der Waals surface area contributed by atoms with Crippen LogP contribution in [0.2, 0.25) is 0 Å². The molecule has 0 radical (unpaired) electrons. The van der Waals surface area contributed by atoms with Crippen molar-refractivity contribution in [2.75, 3.05) is 6.54 Å². The molecule has 1 aliphatic heterocycles. The Labute approximate surface area is 118 Å². The van der Waals surface area contributed by atoms with Gasteiger partial charge >= 0.3 is 11.9 Å². The number of carboxylic acids is 2. The van der Waals surface area contributed by atoms with E-state index in [4.69, 9.17) is 5.11 Å². The molecule has 0 bridgehead atoms. The summed E-state index contributed by atoms with van der Waals surface area (Å²) < 4.78 is 0. The molecule has 0 aliphatic carbocycles. The minimum Gasteiger partial charge on any atom is -0.481 e.